The summed E-state index contributed by atoms with van der Waals surface area (Å²) < 4.78 is 5.59. The van der Waals surface area contributed by atoms with Crippen LogP contribution in [0.15, 0.2) is 18.2 Å². The van der Waals surface area contributed by atoms with Gasteiger partial charge in [-0.1, -0.05) is 0 Å². The van der Waals surface area contributed by atoms with Gasteiger partial charge >= 0.3 is 0 Å². The lowest BCUT2D eigenvalue weighted by Gasteiger charge is -2.03. The van der Waals surface area contributed by atoms with Crippen molar-refractivity contribution in [3.05, 3.63) is 29.3 Å². The maximum absolute atomic E-state index is 11.9. The number of rotatable bonds is 1. The van der Waals surface area contributed by atoms with E-state index in [2.05, 4.69) is 0 Å². The van der Waals surface area contributed by atoms with Crippen LogP contribution in [-0.4, -0.2) is 17.2 Å². The Morgan fingerprint density at radius 2 is 2.13 bits per heavy atom. The van der Waals surface area contributed by atoms with Crippen molar-refractivity contribution in [3.63, 3.8) is 0 Å². The van der Waals surface area contributed by atoms with E-state index in [4.69, 9.17) is 4.74 Å². The van der Waals surface area contributed by atoms with Crippen LogP contribution in [0.2, 0.25) is 0 Å². The first kappa shape index (κ1) is 8.65. The smallest absolute Gasteiger partial charge is 0.210 e. The minimum absolute atomic E-state index is 0.0256. The van der Waals surface area contributed by atoms with Gasteiger partial charge in [0.25, 0.3) is 0 Å². The number of fused-ring (bicyclic) bond motifs is 1. The van der Waals surface area contributed by atoms with Gasteiger partial charge in [-0.2, -0.15) is 0 Å². The highest BCUT2D eigenvalue weighted by atomic mass is 16.5. The van der Waals surface area contributed by atoms with Crippen LogP contribution in [0.5, 0.6) is 5.75 Å². The average Bonchev–Trinajstić information content (AvgIpc) is 2.92. The summed E-state index contributed by atoms with van der Waals surface area (Å²) in [7, 11) is 0. The summed E-state index contributed by atoms with van der Waals surface area (Å²) >= 11 is 0. The highest BCUT2D eigenvalue weighted by molar-refractivity contribution is 6.10. The lowest BCUT2D eigenvalue weighted by atomic mass is 10.0. The number of ketones is 2. The van der Waals surface area contributed by atoms with Crippen molar-refractivity contribution in [2.45, 2.75) is 25.4 Å². The lowest BCUT2D eigenvalue weighted by molar-refractivity contribution is 0.0820. The van der Waals surface area contributed by atoms with Crippen LogP contribution >= 0.6 is 0 Å². The predicted octanol–water partition coefficient (Wildman–Crippen LogP) is 2.00. The van der Waals surface area contributed by atoms with E-state index in [9.17, 15) is 9.59 Å². The fourth-order valence-electron chi connectivity index (χ4n) is 1.96. The molecule has 0 radical (unpaired) electrons. The third-order valence-electron chi connectivity index (χ3n) is 3.05. The van der Waals surface area contributed by atoms with Gasteiger partial charge in [0.15, 0.2) is 11.4 Å². The number of carbonyl (C=O) groups is 2. The molecule has 1 spiro atoms. The first-order valence-corrected chi connectivity index (χ1v) is 5.01. The van der Waals surface area contributed by atoms with E-state index in [1.165, 1.54) is 6.92 Å². The van der Waals surface area contributed by atoms with E-state index < -0.39 is 5.60 Å². The molecule has 0 amide bonds. The van der Waals surface area contributed by atoms with Crippen LogP contribution in [0.1, 0.15) is 40.5 Å². The highest BCUT2D eigenvalue weighted by Gasteiger charge is 2.57. The van der Waals surface area contributed by atoms with Gasteiger partial charge in [-0.3, -0.25) is 9.59 Å². The van der Waals surface area contributed by atoms with Crippen LogP contribution < -0.4 is 4.74 Å². The van der Waals surface area contributed by atoms with Crippen LogP contribution in [0.4, 0.5) is 0 Å². The normalized spacial score (nSPS) is 19.9. The molecule has 0 aromatic heterocycles. The van der Waals surface area contributed by atoms with Gasteiger partial charge in [0.2, 0.25) is 5.78 Å². The summed E-state index contributed by atoms with van der Waals surface area (Å²) in [6.07, 6.45) is 1.60. The molecule has 3 nitrogen and oxygen atoms in total. The Labute approximate surface area is 87.0 Å². The summed E-state index contributed by atoms with van der Waals surface area (Å²) in [6, 6.07) is 5.07. The van der Waals surface area contributed by atoms with Crippen molar-refractivity contribution in [2.24, 2.45) is 0 Å². The molecule has 1 heterocycles. The third-order valence-corrected chi connectivity index (χ3v) is 3.05. The Bertz CT molecular complexity index is 484. The van der Waals surface area contributed by atoms with Gasteiger partial charge in [-0.15, -0.1) is 0 Å². The minimum atomic E-state index is -0.558. The van der Waals surface area contributed by atoms with Crippen LogP contribution in [-0.2, 0) is 0 Å². The summed E-state index contributed by atoms with van der Waals surface area (Å²) in [6.45, 7) is 1.49. The minimum Gasteiger partial charge on any atom is -0.478 e. The second-order valence-corrected chi connectivity index (χ2v) is 4.19. The first-order valence-electron chi connectivity index (χ1n) is 5.01. The Morgan fingerprint density at radius 3 is 2.73 bits per heavy atom. The summed E-state index contributed by atoms with van der Waals surface area (Å²) in [4.78, 5) is 23.1. The third kappa shape index (κ3) is 1.06. The SMILES string of the molecule is CC(=O)c1ccc2c(c1)C(=O)C1(CC1)O2. The van der Waals surface area contributed by atoms with Crippen molar-refractivity contribution in [1.82, 2.24) is 0 Å². The maximum Gasteiger partial charge on any atom is 0.210 e. The molecule has 3 rings (SSSR count). The molecule has 0 saturated heterocycles. The quantitative estimate of drug-likeness (QED) is 0.654. The molecule has 76 valence electrons. The Morgan fingerprint density at radius 1 is 1.40 bits per heavy atom. The molecular weight excluding hydrogens is 192 g/mol. The second-order valence-electron chi connectivity index (χ2n) is 4.19. The largest absolute Gasteiger partial charge is 0.478 e. The highest BCUT2D eigenvalue weighted by Crippen LogP contribution is 2.49. The average molecular weight is 202 g/mol. The van der Waals surface area contributed by atoms with Crippen molar-refractivity contribution >= 4 is 11.6 Å². The van der Waals surface area contributed by atoms with Gasteiger partial charge < -0.3 is 4.74 Å². The molecule has 0 bridgehead atoms. The summed E-state index contributed by atoms with van der Waals surface area (Å²) in [5, 5.41) is 0. The number of Topliss-reactive ketones (excluding diaryl/α,β-unsaturated/α-hetero) is 2. The molecule has 1 saturated carbocycles. The molecule has 1 aliphatic carbocycles. The fraction of sp³-hybridized carbons (Fsp3) is 0.333. The van der Waals surface area contributed by atoms with Crippen molar-refractivity contribution in [2.75, 3.05) is 0 Å². The second kappa shape index (κ2) is 2.48. The molecule has 1 aromatic carbocycles. The molecular formula is C12H10O3. The van der Waals surface area contributed by atoms with Crippen molar-refractivity contribution in [1.29, 1.82) is 0 Å². The molecule has 15 heavy (non-hydrogen) atoms. The number of ether oxygens (including phenoxy) is 1. The molecule has 0 unspecified atom stereocenters. The molecule has 0 N–H and O–H groups in total. The zero-order chi connectivity index (χ0) is 10.6. The summed E-state index contributed by atoms with van der Waals surface area (Å²) in [5.41, 5.74) is 0.584. The molecule has 0 atom stereocenters. The monoisotopic (exact) mass is 202 g/mol. The Hall–Kier alpha value is -1.64. The molecule has 1 fully saturated rings. The zero-order valence-electron chi connectivity index (χ0n) is 8.37. The van der Waals surface area contributed by atoms with Gasteiger partial charge in [0.05, 0.1) is 5.56 Å². The van der Waals surface area contributed by atoms with E-state index in [0.29, 0.717) is 16.9 Å². The number of hydrogen-bond donors (Lipinski definition) is 0. The van der Waals surface area contributed by atoms with Gasteiger partial charge in [0, 0.05) is 5.56 Å². The predicted molar refractivity (Wildman–Crippen MR) is 53.4 cm³/mol. The van der Waals surface area contributed by atoms with Crippen LogP contribution in [0, 0.1) is 0 Å². The standard InChI is InChI=1S/C12H10O3/c1-7(13)8-2-3-10-9(6-8)11(14)12(15-10)4-5-12/h2-3,6H,4-5H2,1H3. The fourth-order valence-corrected chi connectivity index (χ4v) is 1.96. The first-order chi connectivity index (χ1) is 7.12. The molecule has 2 aliphatic rings. The molecule has 3 heteroatoms. The maximum atomic E-state index is 11.9. The number of carbonyl (C=O) groups excluding carboxylic acids is 2. The lowest BCUT2D eigenvalue weighted by Crippen LogP contribution is -2.21. The van der Waals surface area contributed by atoms with Crippen molar-refractivity contribution < 1.29 is 14.3 Å². The summed E-state index contributed by atoms with van der Waals surface area (Å²) in [5.74, 6) is 0.644. The molecule has 1 aromatic rings. The molecule has 1 aliphatic heterocycles. The van der Waals surface area contributed by atoms with E-state index in [-0.39, 0.29) is 11.6 Å². The van der Waals surface area contributed by atoms with Gasteiger partial charge in [0.1, 0.15) is 5.75 Å². The van der Waals surface area contributed by atoms with E-state index in [0.717, 1.165) is 12.8 Å². The van der Waals surface area contributed by atoms with E-state index in [1.807, 2.05) is 0 Å². The van der Waals surface area contributed by atoms with Crippen LogP contribution in [0.3, 0.4) is 0 Å². The topological polar surface area (TPSA) is 43.4 Å². The number of hydrogen-bond acceptors (Lipinski definition) is 3. The Balaban J connectivity index is 2.11. The number of benzene rings is 1. The zero-order valence-corrected chi connectivity index (χ0v) is 8.37. The van der Waals surface area contributed by atoms with Gasteiger partial charge in [-0.05, 0) is 38.0 Å². The van der Waals surface area contributed by atoms with E-state index >= 15 is 0 Å². The van der Waals surface area contributed by atoms with Crippen molar-refractivity contribution in [3.8, 4) is 5.75 Å². The van der Waals surface area contributed by atoms with Gasteiger partial charge in [-0.25, -0.2) is 0 Å². The van der Waals surface area contributed by atoms with Crippen LogP contribution in [0.25, 0.3) is 0 Å². The van der Waals surface area contributed by atoms with E-state index in [1.54, 1.807) is 18.2 Å². The Kier molecular flexibility index (Phi) is 1.43.